The molecule has 2 heterocycles. The van der Waals surface area contributed by atoms with E-state index in [0.29, 0.717) is 0 Å². The van der Waals surface area contributed by atoms with Crippen LogP contribution in [0.4, 0.5) is 0 Å². The number of nitrogens with zero attached hydrogens (tertiary/aromatic N) is 2. The molecule has 3 rings (SSSR count). The van der Waals surface area contributed by atoms with Gasteiger partial charge in [-0.15, -0.1) is 0 Å². The minimum atomic E-state index is 0.801. The molecule has 1 aromatic heterocycles. The molecule has 0 saturated heterocycles. The SMILES string of the molecule is CC1CCn2c(cnc2Cc2ccc(Br)cc2)C1. The molecule has 1 aromatic carbocycles. The van der Waals surface area contributed by atoms with Gasteiger partial charge in [0.15, 0.2) is 0 Å². The van der Waals surface area contributed by atoms with Gasteiger partial charge in [-0.2, -0.15) is 0 Å². The maximum atomic E-state index is 4.60. The zero-order valence-electron chi connectivity index (χ0n) is 10.6. The summed E-state index contributed by atoms with van der Waals surface area (Å²) in [5, 5.41) is 0. The van der Waals surface area contributed by atoms with E-state index in [1.807, 2.05) is 0 Å². The van der Waals surface area contributed by atoms with E-state index in [4.69, 9.17) is 0 Å². The van der Waals surface area contributed by atoms with Crippen LogP contribution in [0.5, 0.6) is 0 Å². The predicted octanol–water partition coefficient (Wildman–Crippen LogP) is 3.82. The minimum absolute atomic E-state index is 0.801. The van der Waals surface area contributed by atoms with Crippen molar-refractivity contribution in [2.24, 2.45) is 5.92 Å². The first kappa shape index (κ1) is 12.0. The first-order valence-corrected chi connectivity index (χ1v) is 7.29. The van der Waals surface area contributed by atoms with E-state index in [9.17, 15) is 0 Å². The van der Waals surface area contributed by atoms with Gasteiger partial charge in [0.05, 0.1) is 0 Å². The third-order valence-corrected chi connectivity index (χ3v) is 4.23. The summed E-state index contributed by atoms with van der Waals surface area (Å²) >= 11 is 3.47. The van der Waals surface area contributed by atoms with E-state index in [1.54, 1.807) is 0 Å². The van der Waals surface area contributed by atoms with Crippen molar-refractivity contribution in [3.05, 3.63) is 52.0 Å². The highest BCUT2D eigenvalue weighted by molar-refractivity contribution is 9.10. The Kier molecular flexibility index (Phi) is 3.25. The molecule has 94 valence electrons. The van der Waals surface area contributed by atoms with Crippen molar-refractivity contribution < 1.29 is 0 Å². The van der Waals surface area contributed by atoms with Crippen molar-refractivity contribution >= 4 is 15.9 Å². The number of rotatable bonds is 2. The Hall–Kier alpha value is -1.09. The Labute approximate surface area is 116 Å². The van der Waals surface area contributed by atoms with Gasteiger partial charge in [-0.3, -0.25) is 0 Å². The fourth-order valence-corrected chi connectivity index (χ4v) is 2.89. The molecule has 1 unspecified atom stereocenters. The number of hydrogen-bond donors (Lipinski definition) is 0. The molecule has 1 atom stereocenters. The molecular weight excluding hydrogens is 288 g/mol. The first-order valence-electron chi connectivity index (χ1n) is 6.50. The summed E-state index contributed by atoms with van der Waals surface area (Å²) in [6.07, 6.45) is 5.44. The van der Waals surface area contributed by atoms with E-state index in [-0.39, 0.29) is 0 Å². The maximum Gasteiger partial charge on any atom is 0.113 e. The van der Waals surface area contributed by atoms with Crippen LogP contribution in [-0.4, -0.2) is 9.55 Å². The Balaban J connectivity index is 1.83. The lowest BCUT2D eigenvalue weighted by Crippen LogP contribution is -2.18. The van der Waals surface area contributed by atoms with Gasteiger partial charge in [0.25, 0.3) is 0 Å². The number of imidazole rings is 1. The number of halogens is 1. The summed E-state index contributed by atoms with van der Waals surface area (Å²) in [5.74, 6) is 2.01. The monoisotopic (exact) mass is 304 g/mol. The molecule has 2 aromatic rings. The number of aromatic nitrogens is 2. The summed E-state index contributed by atoms with van der Waals surface area (Å²) in [5.41, 5.74) is 2.73. The second-order valence-electron chi connectivity index (χ2n) is 5.22. The molecule has 0 amide bonds. The molecule has 3 heteroatoms. The molecular formula is C15H17BrN2. The molecule has 18 heavy (non-hydrogen) atoms. The average Bonchev–Trinajstić information content (AvgIpc) is 2.74. The van der Waals surface area contributed by atoms with E-state index in [2.05, 4.69) is 62.9 Å². The number of hydrogen-bond acceptors (Lipinski definition) is 1. The highest BCUT2D eigenvalue weighted by Gasteiger charge is 2.18. The molecule has 1 aliphatic heterocycles. The highest BCUT2D eigenvalue weighted by atomic mass is 79.9. The van der Waals surface area contributed by atoms with Crippen molar-refractivity contribution in [1.29, 1.82) is 0 Å². The molecule has 0 radical (unpaired) electrons. The van der Waals surface area contributed by atoms with Crippen LogP contribution in [0.3, 0.4) is 0 Å². The lowest BCUT2D eigenvalue weighted by molar-refractivity contribution is 0.410. The van der Waals surface area contributed by atoms with Gasteiger partial charge in [-0.25, -0.2) is 4.98 Å². The van der Waals surface area contributed by atoms with Gasteiger partial charge in [0.1, 0.15) is 5.82 Å². The second-order valence-corrected chi connectivity index (χ2v) is 6.13. The van der Waals surface area contributed by atoms with E-state index in [1.165, 1.54) is 29.9 Å². The van der Waals surface area contributed by atoms with Crippen LogP contribution in [0.15, 0.2) is 34.9 Å². The van der Waals surface area contributed by atoms with Crippen molar-refractivity contribution in [2.75, 3.05) is 0 Å². The molecule has 0 N–H and O–H groups in total. The van der Waals surface area contributed by atoms with Crippen LogP contribution in [0.1, 0.15) is 30.4 Å². The summed E-state index contributed by atoms with van der Waals surface area (Å²) in [6, 6.07) is 8.52. The molecule has 1 aliphatic rings. The molecule has 0 bridgehead atoms. The van der Waals surface area contributed by atoms with Crippen molar-refractivity contribution in [3.8, 4) is 0 Å². The van der Waals surface area contributed by atoms with Crippen molar-refractivity contribution in [3.63, 3.8) is 0 Å². The first-order chi connectivity index (χ1) is 8.72. The van der Waals surface area contributed by atoms with Gasteiger partial charge in [0, 0.05) is 29.3 Å². The van der Waals surface area contributed by atoms with Gasteiger partial charge >= 0.3 is 0 Å². The predicted molar refractivity (Wildman–Crippen MR) is 76.7 cm³/mol. The van der Waals surface area contributed by atoms with Gasteiger partial charge in [-0.05, 0) is 36.5 Å². The summed E-state index contributed by atoms with van der Waals surface area (Å²) < 4.78 is 3.53. The van der Waals surface area contributed by atoms with Crippen LogP contribution < -0.4 is 0 Å². The van der Waals surface area contributed by atoms with Crippen molar-refractivity contribution in [2.45, 2.75) is 32.7 Å². The molecule has 2 nitrogen and oxygen atoms in total. The Morgan fingerprint density at radius 2 is 2.11 bits per heavy atom. The maximum absolute atomic E-state index is 4.60. The largest absolute Gasteiger partial charge is 0.332 e. The quantitative estimate of drug-likeness (QED) is 0.825. The third kappa shape index (κ3) is 2.37. The van der Waals surface area contributed by atoms with Crippen LogP contribution in [0.25, 0.3) is 0 Å². The average molecular weight is 305 g/mol. The van der Waals surface area contributed by atoms with Crippen LogP contribution in [0, 0.1) is 5.92 Å². The van der Waals surface area contributed by atoms with Crippen molar-refractivity contribution in [1.82, 2.24) is 9.55 Å². The van der Waals surface area contributed by atoms with Crippen LogP contribution in [0.2, 0.25) is 0 Å². The van der Waals surface area contributed by atoms with Crippen LogP contribution in [-0.2, 0) is 19.4 Å². The summed E-state index contributed by atoms with van der Waals surface area (Å²) in [7, 11) is 0. The third-order valence-electron chi connectivity index (χ3n) is 3.70. The standard InChI is InChI=1S/C15H17BrN2/c1-11-6-7-18-14(8-11)10-17-15(18)9-12-2-4-13(16)5-3-12/h2-5,10-11H,6-9H2,1H3. The van der Waals surface area contributed by atoms with Gasteiger partial charge in [-0.1, -0.05) is 35.0 Å². The fraction of sp³-hybridized carbons (Fsp3) is 0.400. The lowest BCUT2D eigenvalue weighted by atomic mass is 9.98. The smallest absolute Gasteiger partial charge is 0.113 e. The van der Waals surface area contributed by atoms with E-state index < -0.39 is 0 Å². The second kappa shape index (κ2) is 4.88. The molecule has 0 spiro atoms. The zero-order chi connectivity index (χ0) is 12.5. The summed E-state index contributed by atoms with van der Waals surface area (Å²) in [4.78, 5) is 4.60. The molecule has 0 aliphatic carbocycles. The molecule has 0 fully saturated rings. The van der Waals surface area contributed by atoms with E-state index in [0.717, 1.165) is 23.4 Å². The zero-order valence-corrected chi connectivity index (χ0v) is 12.2. The fourth-order valence-electron chi connectivity index (χ4n) is 2.62. The van der Waals surface area contributed by atoms with Crippen LogP contribution >= 0.6 is 15.9 Å². The number of fused-ring (bicyclic) bond motifs is 1. The molecule has 0 saturated carbocycles. The Morgan fingerprint density at radius 1 is 1.33 bits per heavy atom. The lowest BCUT2D eigenvalue weighted by Gasteiger charge is -2.21. The summed E-state index contributed by atoms with van der Waals surface area (Å²) in [6.45, 7) is 3.45. The minimum Gasteiger partial charge on any atom is -0.332 e. The Bertz CT molecular complexity index is 542. The van der Waals surface area contributed by atoms with Gasteiger partial charge in [0.2, 0.25) is 0 Å². The van der Waals surface area contributed by atoms with E-state index >= 15 is 0 Å². The normalized spacial score (nSPS) is 18.7. The Morgan fingerprint density at radius 3 is 2.89 bits per heavy atom. The number of benzene rings is 1. The van der Waals surface area contributed by atoms with Gasteiger partial charge < -0.3 is 4.57 Å². The topological polar surface area (TPSA) is 17.8 Å². The highest BCUT2D eigenvalue weighted by Crippen LogP contribution is 2.22.